The fraction of sp³-hybridized carbons (Fsp3) is 0.812. The smallest absolute Gasteiger partial charge is 0.306 e. The van der Waals surface area contributed by atoms with Crippen LogP contribution in [0.1, 0.15) is 247 Å². The van der Waals surface area contributed by atoms with Crippen molar-refractivity contribution in [2.45, 2.75) is 247 Å². The number of unbranched alkanes of at least 4 members (excludes halogenated alkanes) is 24. The summed E-state index contributed by atoms with van der Waals surface area (Å²) in [5, 5.41) is 0. The fourth-order valence-corrected chi connectivity index (χ4v) is 6.74. The molecule has 0 bridgehead atoms. The second-order valence-corrected chi connectivity index (χ2v) is 16.0. The van der Waals surface area contributed by atoms with Crippen LogP contribution >= 0.6 is 0 Å². The molecule has 0 aliphatic carbocycles. The van der Waals surface area contributed by atoms with Gasteiger partial charge in [0.15, 0.2) is 0 Å². The Kier molecular flexibility index (Phi) is 37.4. The van der Waals surface area contributed by atoms with E-state index in [1.165, 1.54) is 176 Å². The third-order valence-electron chi connectivity index (χ3n) is 10.3. The van der Waals surface area contributed by atoms with Gasteiger partial charge in [-0.25, -0.2) is 0 Å². The molecule has 0 heterocycles. The molecular formula is C48H88O2. The van der Waals surface area contributed by atoms with Crippen LogP contribution in [0.5, 0.6) is 0 Å². The number of rotatable bonds is 37. The highest BCUT2D eigenvalue weighted by Crippen LogP contribution is 2.17. The molecule has 0 aromatic heterocycles. The van der Waals surface area contributed by atoms with Crippen molar-refractivity contribution in [2.75, 3.05) is 6.61 Å². The zero-order valence-electron chi connectivity index (χ0n) is 35.0. The number of hydrogen-bond donors (Lipinski definition) is 0. The van der Waals surface area contributed by atoms with Crippen LogP contribution in [0.3, 0.4) is 0 Å². The van der Waals surface area contributed by atoms with Gasteiger partial charge in [-0.1, -0.05) is 202 Å². The van der Waals surface area contributed by atoms with E-state index >= 15 is 0 Å². The van der Waals surface area contributed by atoms with E-state index in [0.717, 1.165) is 44.9 Å². The molecular weight excluding hydrogens is 609 g/mol. The van der Waals surface area contributed by atoms with Gasteiger partial charge in [0.1, 0.15) is 6.61 Å². The Morgan fingerprint density at radius 3 is 1.02 bits per heavy atom. The van der Waals surface area contributed by atoms with Gasteiger partial charge in [-0.2, -0.15) is 0 Å². The summed E-state index contributed by atoms with van der Waals surface area (Å²) in [6.07, 6.45) is 51.4. The molecule has 0 aromatic carbocycles. The largest absolute Gasteiger partial charge is 0.461 e. The normalized spacial score (nSPS) is 12.5. The number of allylic oxidation sites excluding steroid dienone is 7. The van der Waals surface area contributed by atoms with Crippen LogP contribution < -0.4 is 0 Å². The van der Waals surface area contributed by atoms with Gasteiger partial charge in [-0.3, -0.25) is 4.79 Å². The summed E-state index contributed by atoms with van der Waals surface area (Å²) < 4.78 is 5.47. The summed E-state index contributed by atoms with van der Waals surface area (Å²) in [6.45, 7) is 13.7. The minimum Gasteiger partial charge on any atom is -0.461 e. The van der Waals surface area contributed by atoms with Crippen LogP contribution in [-0.4, -0.2) is 12.6 Å². The van der Waals surface area contributed by atoms with Gasteiger partial charge in [0.05, 0.1) is 0 Å². The molecule has 0 amide bonds. The summed E-state index contributed by atoms with van der Waals surface area (Å²) >= 11 is 0. The van der Waals surface area contributed by atoms with Crippen molar-refractivity contribution in [2.24, 2.45) is 0 Å². The van der Waals surface area contributed by atoms with Crippen molar-refractivity contribution in [1.82, 2.24) is 0 Å². The molecule has 2 nitrogen and oxygen atoms in total. The van der Waals surface area contributed by atoms with E-state index < -0.39 is 0 Å². The summed E-state index contributed by atoms with van der Waals surface area (Å²) in [5.74, 6) is -0.0388. The standard InChI is InChI=1S/C48H88O2/c1-7-8-9-10-11-12-13-14-15-16-17-18-19-20-21-22-23-24-25-26-27-28-29-30-31-41-48(49)50-43-42-47(6)40-34-39-46(5)38-33-37-45(4)36-32-35-44(2)3/h35,37,39,42H,7-34,36,38,40-41,43H2,1-6H3/b45-37+,46-39+,47-42+. The second-order valence-electron chi connectivity index (χ2n) is 16.0. The molecule has 0 rings (SSSR count). The Labute approximate surface area is 314 Å². The van der Waals surface area contributed by atoms with E-state index in [-0.39, 0.29) is 5.97 Å². The molecule has 2 heteroatoms. The first kappa shape index (κ1) is 48.4. The lowest BCUT2D eigenvalue weighted by Crippen LogP contribution is -2.04. The van der Waals surface area contributed by atoms with Crippen LogP contribution in [0, 0.1) is 0 Å². The first-order valence-electron chi connectivity index (χ1n) is 22.1. The van der Waals surface area contributed by atoms with E-state index in [1.807, 2.05) is 0 Å². The van der Waals surface area contributed by atoms with Crippen LogP contribution in [0.15, 0.2) is 46.6 Å². The van der Waals surface area contributed by atoms with Gasteiger partial charge in [0.25, 0.3) is 0 Å². The number of carbonyl (C=O) groups excluding carboxylic acids is 1. The lowest BCUT2D eigenvalue weighted by atomic mass is 10.0. The number of hydrogen-bond acceptors (Lipinski definition) is 2. The molecule has 292 valence electrons. The first-order valence-corrected chi connectivity index (χ1v) is 22.1. The molecule has 0 spiro atoms. The first-order chi connectivity index (χ1) is 24.3. The third-order valence-corrected chi connectivity index (χ3v) is 10.3. The SMILES string of the molecule is CCCCCCCCCCCCCCCCCCCCCCCCCCCC(=O)OC/C=C(\C)CC/C=C(\C)CC/C=C(\C)CCC=C(C)C. The van der Waals surface area contributed by atoms with E-state index in [1.54, 1.807) is 0 Å². The van der Waals surface area contributed by atoms with Crippen molar-refractivity contribution in [3.8, 4) is 0 Å². The summed E-state index contributed by atoms with van der Waals surface area (Å²) in [4.78, 5) is 12.1. The van der Waals surface area contributed by atoms with Gasteiger partial charge in [0, 0.05) is 6.42 Å². The average Bonchev–Trinajstić information content (AvgIpc) is 3.08. The minimum atomic E-state index is -0.0388. The lowest BCUT2D eigenvalue weighted by molar-refractivity contribution is -0.142. The highest BCUT2D eigenvalue weighted by atomic mass is 16.5. The zero-order chi connectivity index (χ0) is 36.8. The van der Waals surface area contributed by atoms with Gasteiger partial charge in [0.2, 0.25) is 0 Å². The van der Waals surface area contributed by atoms with E-state index in [0.29, 0.717) is 13.0 Å². The average molecular weight is 697 g/mol. The maximum Gasteiger partial charge on any atom is 0.306 e. The molecule has 0 unspecified atom stereocenters. The van der Waals surface area contributed by atoms with Crippen LogP contribution in [0.4, 0.5) is 0 Å². The molecule has 0 fully saturated rings. The summed E-state index contributed by atoms with van der Waals surface area (Å²) in [6, 6.07) is 0. The van der Waals surface area contributed by atoms with Crippen LogP contribution in [0.2, 0.25) is 0 Å². The van der Waals surface area contributed by atoms with Gasteiger partial charge in [-0.05, 0) is 85.6 Å². The zero-order valence-corrected chi connectivity index (χ0v) is 35.0. The van der Waals surface area contributed by atoms with E-state index in [9.17, 15) is 4.79 Å². The summed E-state index contributed by atoms with van der Waals surface area (Å²) in [7, 11) is 0. The number of esters is 1. The van der Waals surface area contributed by atoms with Crippen molar-refractivity contribution >= 4 is 5.97 Å². The molecule has 0 atom stereocenters. The highest BCUT2D eigenvalue weighted by Gasteiger charge is 2.02. The molecule has 0 aromatic rings. The molecule has 0 aliphatic heterocycles. The molecule has 0 aliphatic rings. The van der Waals surface area contributed by atoms with E-state index in [2.05, 4.69) is 65.8 Å². The Balaban J connectivity index is 3.48. The van der Waals surface area contributed by atoms with E-state index in [4.69, 9.17) is 4.74 Å². The van der Waals surface area contributed by atoms with Gasteiger partial charge in [-0.15, -0.1) is 0 Å². The quantitative estimate of drug-likeness (QED) is 0.0367. The van der Waals surface area contributed by atoms with Crippen molar-refractivity contribution in [3.63, 3.8) is 0 Å². The third kappa shape index (κ3) is 39.2. The van der Waals surface area contributed by atoms with Crippen LogP contribution in [0.25, 0.3) is 0 Å². The topological polar surface area (TPSA) is 26.3 Å². The monoisotopic (exact) mass is 697 g/mol. The van der Waals surface area contributed by atoms with Crippen molar-refractivity contribution < 1.29 is 9.53 Å². The Morgan fingerprint density at radius 1 is 0.380 bits per heavy atom. The second kappa shape index (κ2) is 38.7. The summed E-state index contributed by atoms with van der Waals surface area (Å²) in [5.41, 5.74) is 5.69. The molecule has 50 heavy (non-hydrogen) atoms. The predicted molar refractivity (Wildman–Crippen MR) is 225 cm³/mol. The van der Waals surface area contributed by atoms with Crippen molar-refractivity contribution in [1.29, 1.82) is 0 Å². The molecule has 0 saturated carbocycles. The van der Waals surface area contributed by atoms with Gasteiger partial charge >= 0.3 is 5.97 Å². The Morgan fingerprint density at radius 2 is 0.680 bits per heavy atom. The highest BCUT2D eigenvalue weighted by molar-refractivity contribution is 5.69. The number of ether oxygens (including phenoxy) is 1. The lowest BCUT2D eigenvalue weighted by Gasteiger charge is -2.05. The molecule has 0 saturated heterocycles. The van der Waals surface area contributed by atoms with Gasteiger partial charge < -0.3 is 4.74 Å². The Hall–Kier alpha value is -1.57. The predicted octanol–water partition coefficient (Wildman–Crippen LogP) is 16.8. The van der Waals surface area contributed by atoms with Crippen molar-refractivity contribution in [3.05, 3.63) is 46.6 Å². The molecule has 0 N–H and O–H groups in total. The maximum atomic E-state index is 12.1. The fourth-order valence-electron chi connectivity index (χ4n) is 6.74. The maximum absolute atomic E-state index is 12.1. The molecule has 0 radical (unpaired) electrons. The number of carbonyl (C=O) groups is 1. The van der Waals surface area contributed by atoms with Crippen LogP contribution in [-0.2, 0) is 9.53 Å². The minimum absolute atomic E-state index is 0.0388. The Bertz CT molecular complexity index is 869.